The van der Waals surface area contributed by atoms with Gasteiger partial charge in [-0.15, -0.1) is 0 Å². The lowest BCUT2D eigenvalue weighted by atomic mass is 9.82. The number of nitrogens with one attached hydrogen (secondary N) is 2. The summed E-state index contributed by atoms with van der Waals surface area (Å²) in [6, 6.07) is 13.5. The molecule has 0 aromatic heterocycles. The minimum atomic E-state index is -0.810. The molecule has 33 heavy (non-hydrogen) atoms. The van der Waals surface area contributed by atoms with Gasteiger partial charge in [0.15, 0.2) is 0 Å². The van der Waals surface area contributed by atoms with E-state index in [0.29, 0.717) is 17.8 Å². The molecule has 180 valence electrons. The Kier molecular flexibility index (Phi) is 9.95. The van der Waals surface area contributed by atoms with E-state index in [4.69, 9.17) is 0 Å². The minimum Gasteiger partial charge on any atom is -0.481 e. The molecule has 1 atom stereocenters. The first-order valence-corrected chi connectivity index (χ1v) is 12.1. The average molecular weight is 453 g/mol. The maximum absolute atomic E-state index is 12.9. The van der Waals surface area contributed by atoms with Crippen LogP contribution in [0, 0.1) is 18.8 Å². The number of amides is 2. The number of aryl methyl sites for hydroxylation is 1. The first kappa shape index (κ1) is 26.4. The van der Waals surface area contributed by atoms with Gasteiger partial charge in [0.05, 0.1) is 6.42 Å². The summed E-state index contributed by atoms with van der Waals surface area (Å²) in [5.74, 6) is 0.463. The molecule has 0 saturated heterocycles. The van der Waals surface area contributed by atoms with Crippen molar-refractivity contribution in [3.63, 3.8) is 0 Å². The van der Waals surface area contributed by atoms with Crippen LogP contribution in [0.1, 0.15) is 88.8 Å². The molecule has 0 aliphatic rings. The van der Waals surface area contributed by atoms with E-state index >= 15 is 0 Å². The highest BCUT2D eigenvalue weighted by Gasteiger charge is 2.22. The molecule has 2 aromatic carbocycles. The Hall–Kier alpha value is -2.82. The van der Waals surface area contributed by atoms with Gasteiger partial charge < -0.3 is 15.7 Å². The van der Waals surface area contributed by atoms with Crippen LogP contribution in [0.4, 0.5) is 16.2 Å². The van der Waals surface area contributed by atoms with Gasteiger partial charge in [-0.2, -0.15) is 0 Å². The third-order valence-electron chi connectivity index (χ3n) is 5.97. The number of benzene rings is 2. The van der Waals surface area contributed by atoms with E-state index < -0.39 is 5.97 Å². The molecule has 0 unspecified atom stereocenters. The highest BCUT2D eigenvalue weighted by atomic mass is 16.4. The van der Waals surface area contributed by atoms with Gasteiger partial charge in [-0.1, -0.05) is 64.4 Å². The lowest BCUT2D eigenvalue weighted by Crippen LogP contribution is -2.21. The van der Waals surface area contributed by atoms with E-state index in [1.54, 1.807) is 0 Å². The van der Waals surface area contributed by atoms with Crippen LogP contribution in [-0.4, -0.2) is 17.1 Å². The second-order valence-corrected chi connectivity index (χ2v) is 9.95. The summed E-state index contributed by atoms with van der Waals surface area (Å²) in [6.45, 7) is 12.9. The molecule has 0 spiro atoms. The normalized spacial score (nSPS) is 12.3. The van der Waals surface area contributed by atoms with Crippen LogP contribution in [0.15, 0.2) is 42.5 Å². The smallest absolute Gasteiger partial charge is 0.323 e. The molecule has 5 nitrogen and oxygen atoms in total. The van der Waals surface area contributed by atoms with Crippen LogP contribution in [-0.2, 0) is 4.79 Å². The van der Waals surface area contributed by atoms with Gasteiger partial charge in [0, 0.05) is 11.4 Å². The predicted octanol–water partition coefficient (Wildman–Crippen LogP) is 7.78. The number of carboxylic acids is 1. The number of urea groups is 1. The Morgan fingerprint density at radius 1 is 0.879 bits per heavy atom. The standard InChI is InChI=1S/C28H40N2O3/c1-7-21(17-27(31)32)22-10-13-25(23(14-18(2)3)15-19(4)5)26(16-22)30-28(33)29-24-11-8-20(6)9-12-24/h8-13,16,18-19,21,23H,7,14-15,17H2,1-6H3,(H,31,32)(H2,29,30,33)/t21-/m0/s1. The molecule has 0 radical (unpaired) electrons. The monoisotopic (exact) mass is 452 g/mol. The van der Waals surface area contributed by atoms with E-state index in [2.05, 4.69) is 44.4 Å². The maximum atomic E-state index is 12.9. The van der Waals surface area contributed by atoms with E-state index in [0.717, 1.165) is 47.3 Å². The number of carboxylic acid groups (broad SMARTS) is 1. The lowest BCUT2D eigenvalue weighted by molar-refractivity contribution is -0.137. The van der Waals surface area contributed by atoms with E-state index in [-0.39, 0.29) is 18.4 Å². The topological polar surface area (TPSA) is 78.4 Å². The summed E-state index contributed by atoms with van der Waals surface area (Å²) in [5, 5.41) is 15.3. The Labute approximate surface area is 199 Å². The van der Waals surface area contributed by atoms with Crippen LogP contribution in [0.2, 0.25) is 0 Å². The highest BCUT2D eigenvalue weighted by Crippen LogP contribution is 2.37. The van der Waals surface area contributed by atoms with Crippen LogP contribution in [0.3, 0.4) is 0 Å². The lowest BCUT2D eigenvalue weighted by Gasteiger charge is -2.26. The van der Waals surface area contributed by atoms with Crippen molar-refractivity contribution in [1.82, 2.24) is 0 Å². The summed E-state index contributed by atoms with van der Waals surface area (Å²) < 4.78 is 0. The average Bonchev–Trinajstić information content (AvgIpc) is 2.72. The summed E-state index contributed by atoms with van der Waals surface area (Å²) in [4.78, 5) is 24.3. The predicted molar refractivity (Wildman–Crippen MR) is 137 cm³/mol. The SMILES string of the molecule is CC[C@@H](CC(=O)O)c1ccc(C(CC(C)C)CC(C)C)c(NC(=O)Nc2ccc(C)cc2)c1. The second kappa shape index (κ2) is 12.4. The summed E-state index contributed by atoms with van der Waals surface area (Å²) in [6.07, 6.45) is 2.85. The molecule has 0 fully saturated rings. The zero-order valence-electron chi connectivity index (χ0n) is 20.9. The second-order valence-electron chi connectivity index (χ2n) is 9.95. The molecule has 2 aromatic rings. The first-order chi connectivity index (χ1) is 15.6. The minimum absolute atomic E-state index is 0.0757. The number of aliphatic carboxylic acids is 1. The maximum Gasteiger partial charge on any atom is 0.323 e. The molecule has 2 rings (SSSR count). The zero-order chi connectivity index (χ0) is 24.5. The highest BCUT2D eigenvalue weighted by molar-refractivity contribution is 6.00. The molecular formula is C28H40N2O3. The number of anilines is 2. The number of hydrogen-bond acceptors (Lipinski definition) is 2. The van der Waals surface area contributed by atoms with Gasteiger partial charge in [0.2, 0.25) is 0 Å². The molecule has 5 heteroatoms. The van der Waals surface area contributed by atoms with Gasteiger partial charge >= 0.3 is 12.0 Å². The van der Waals surface area contributed by atoms with Crippen molar-refractivity contribution in [2.45, 2.75) is 79.1 Å². The Morgan fingerprint density at radius 3 is 2.00 bits per heavy atom. The van der Waals surface area contributed by atoms with Gasteiger partial charge in [0.25, 0.3) is 0 Å². The molecule has 0 aliphatic heterocycles. The van der Waals surface area contributed by atoms with E-state index in [1.807, 2.05) is 50.2 Å². The Morgan fingerprint density at radius 2 is 1.48 bits per heavy atom. The molecule has 2 amide bonds. The van der Waals surface area contributed by atoms with Crippen LogP contribution >= 0.6 is 0 Å². The van der Waals surface area contributed by atoms with Crippen molar-refractivity contribution >= 4 is 23.4 Å². The first-order valence-electron chi connectivity index (χ1n) is 12.1. The van der Waals surface area contributed by atoms with Crippen molar-refractivity contribution in [2.24, 2.45) is 11.8 Å². The van der Waals surface area contributed by atoms with Crippen LogP contribution in [0.5, 0.6) is 0 Å². The summed E-state index contributed by atoms with van der Waals surface area (Å²) in [5.41, 5.74) is 4.69. The Bertz CT molecular complexity index is 909. The van der Waals surface area contributed by atoms with Gasteiger partial charge in [-0.25, -0.2) is 4.79 Å². The van der Waals surface area contributed by atoms with E-state index in [1.165, 1.54) is 0 Å². The molecule has 0 aliphatic carbocycles. The fraction of sp³-hybridized carbons (Fsp3) is 0.500. The fourth-order valence-corrected chi connectivity index (χ4v) is 4.41. The molecule has 0 bridgehead atoms. The summed E-state index contributed by atoms with van der Waals surface area (Å²) in [7, 11) is 0. The number of rotatable bonds is 11. The molecular weight excluding hydrogens is 412 g/mol. The van der Waals surface area contributed by atoms with Crippen LogP contribution < -0.4 is 10.6 Å². The van der Waals surface area contributed by atoms with Gasteiger partial charge in [-0.05, 0) is 79.2 Å². The molecule has 0 saturated carbocycles. The van der Waals surface area contributed by atoms with Crippen molar-refractivity contribution in [2.75, 3.05) is 10.6 Å². The molecule has 3 N–H and O–H groups in total. The Balaban J connectivity index is 2.41. The number of hydrogen-bond donors (Lipinski definition) is 3. The fourth-order valence-electron chi connectivity index (χ4n) is 4.41. The van der Waals surface area contributed by atoms with Crippen molar-refractivity contribution < 1.29 is 14.7 Å². The van der Waals surface area contributed by atoms with Crippen molar-refractivity contribution in [3.8, 4) is 0 Å². The summed E-state index contributed by atoms with van der Waals surface area (Å²) >= 11 is 0. The van der Waals surface area contributed by atoms with Gasteiger partial charge in [0.1, 0.15) is 0 Å². The van der Waals surface area contributed by atoms with E-state index in [9.17, 15) is 14.7 Å². The number of carbonyl (C=O) groups excluding carboxylic acids is 1. The van der Waals surface area contributed by atoms with Gasteiger partial charge in [-0.3, -0.25) is 4.79 Å². The zero-order valence-corrected chi connectivity index (χ0v) is 20.9. The van der Waals surface area contributed by atoms with Crippen LogP contribution in [0.25, 0.3) is 0 Å². The number of carbonyl (C=O) groups is 2. The quantitative estimate of drug-likeness (QED) is 0.326. The van der Waals surface area contributed by atoms with Crippen molar-refractivity contribution in [3.05, 3.63) is 59.2 Å². The third-order valence-corrected chi connectivity index (χ3v) is 5.97. The molecule has 0 heterocycles. The third kappa shape index (κ3) is 8.56. The largest absolute Gasteiger partial charge is 0.481 e. The van der Waals surface area contributed by atoms with Crippen molar-refractivity contribution in [1.29, 1.82) is 0 Å².